The Kier molecular flexibility index (Phi) is 5.61. The Bertz CT molecular complexity index is 683. The predicted octanol–water partition coefficient (Wildman–Crippen LogP) is 3.66. The number of piperidine rings is 1. The van der Waals surface area contributed by atoms with E-state index < -0.39 is 0 Å². The summed E-state index contributed by atoms with van der Waals surface area (Å²) < 4.78 is 0. The Labute approximate surface area is 148 Å². The molecule has 1 N–H and O–H groups in total. The number of H-pyrrole nitrogens is 1. The third-order valence-corrected chi connectivity index (χ3v) is 5.38. The van der Waals surface area contributed by atoms with E-state index in [4.69, 9.17) is 0 Å². The first-order valence-electron chi connectivity index (χ1n) is 8.62. The van der Waals surface area contributed by atoms with Gasteiger partial charge in [-0.25, -0.2) is 4.98 Å². The number of thioether (sulfide) groups is 1. The van der Waals surface area contributed by atoms with Crippen LogP contribution in [0.15, 0.2) is 35.5 Å². The molecule has 1 aliphatic rings. The van der Waals surface area contributed by atoms with Crippen molar-refractivity contribution in [1.29, 1.82) is 0 Å². The number of hydrogen-bond donors (Lipinski definition) is 1. The van der Waals surface area contributed by atoms with E-state index in [2.05, 4.69) is 29.0 Å². The van der Waals surface area contributed by atoms with Gasteiger partial charge in [0.1, 0.15) is 0 Å². The fourth-order valence-electron chi connectivity index (χ4n) is 3.13. The van der Waals surface area contributed by atoms with Gasteiger partial charge in [0.15, 0.2) is 5.16 Å². The highest BCUT2D eigenvalue weighted by atomic mass is 32.2. The number of amides is 1. The summed E-state index contributed by atoms with van der Waals surface area (Å²) in [6.07, 6.45) is 3.18. The lowest BCUT2D eigenvalue weighted by Crippen LogP contribution is -2.40. The van der Waals surface area contributed by atoms with Crippen LogP contribution in [-0.2, 0) is 11.2 Å². The molecule has 2 aromatic rings. The minimum absolute atomic E-state index is 0.227. The summed E-state index contributed by atoms with van der Waals surface area (Å²) in [6, 6.07) is 10.3. The molecule has 1 saturated heterocycles. The molecule has 1 unspecified atom stereocenters. The van der Waals surface area contributed by atoms with Crippen LogP contribution in [-0.4, -0.2) is 39.6 Å². The van der Waals surface area contributed by atoms with Crippen LogP contribution >= 0.6 is 11.8 Å². The first-order valence-corrected chi connectivity index (χ1v) is 9.60. The molecular formula is C19H25N3OS. The van der Waals surface area contributed by atoms with E-state index in [0.29, 0.717) is 11.7 Å². The van der Waals surface area contributed by atoms with E-state index in [0.717, 1.165) is 42.5 Å². The molecule has 1 aromatic heterocycles. The molecule has 1 atom stereocenters. The molecule has 1 aromatic carbocycles. The molecule has 0 aliphatic carbocycles. The molecule has 128 valence electrons. The van der Waals surface area contributed by atoms with Crippen molar-refractivity contribution >= 4 is 17.7 Å². The molecule has 3 rings (SSSR count). The minimum Gasteiger partial charge on any atom is -0.342 e. The summed E-state index contributed by atoms with van der Waals surface area (Å²) in [7, 11) is 0. The maximum absolute atomic E-state index is 12.4. The Morgan fingerprint density at radius 1 is 1.38 bits per heavy atom. The number of aromatic nitrogens is 2. The van der Waals surface area contributed by atoms with Crippen molar-refractivity contribution in [3.8, 4) is 0 Å². The quantitative estimate of drug-likeness (QED) is 0.843. The number of carbonyl (C=O) groups excluding carboxylic acids is 1. The van der Waals surface area contributed by atoms with Gasteiger partial charge in [0.25, 0.3) is 0 Å². The van der Waals surface area contributed by atoms with Crippen LogP contribution in [0.2, 0.25) is 0 Å². The van der Waals surface area contributed by atoms with Crippen LogP contribution < -0.4 is 0 Å². The summed E-state index contributed by atoms with van der Waals surface area (Å²) in [6.45, 7) is 6.07. The SMILES string of the molecule is Cc1[nH]c(SCC(=O)N2CCCC(C)C2)nc1Cc1ccccc1. The summed E-state index contributed by atoms with van der Waals surface area (Å²) in [4.78, 5) is 22.4. The Morgan fingerprint density at radius 3 is 2.92 bits per heavy atom. The smallest absolute Gasteiger partial charge is 0.233 e. The number of aromatic amines is 1. The zero-order chi connectivity index (χ0) is 16.9. The monoisotopic (exact) mass is 343 g/mol. The van der Waals surface area contributed by atoms with E-state index in [1.807, 2.05) is 30.0 Å². The second-order valence-corrected chi connectivity index (χ2v) is 7.62. The van der Waals surface area contributed by atoms with E-state index in [1.54, 1.807) is 0 Å². The van der Waals surface area contributed by atoms with Crippen molar-refractivity contribution in [2.24, 2.45) is 5.92 Å². The van der Waals surface area contributed by atoms with Crippen molar-refractivity contribution < 1.29 is 4.79 Å². The van der Waals surface area contributed by atoms with Crippen molar-refractivity contribution in [3.63, 3.8) is 0 Å². The molecule has 5 heteroatoms. The van der Waals surface area contributed by atoms with Crippen LogP contribution in [0.4, 0.5) is 0 Å². The number of likely N-dealkylation sites (tertiary alicyclic amines) is 1. The summed E-state index contributed by atoms with van der Waals surface area (Å²) in [5, 5.41) is 0.844. The van der Waals surface area contributed by atoms with Gasteiger partial charge in [-0.05, 0) is 31.2 Å². The van der Waals surface area contributed by atoms with Crippen LogP contribution in [0.25, 0.3) is 0 Å². The Balaban J connectivity index is 1.56. The van der Waals surface area contributed by atoms with Gasteiger partial charge in [-0.2, -0.15) is 0 Å². The van der Waals surface area contributed by atoms with E-state index in [9.17, 15) is 4.79 Å². The molecule has 0 radical (unpaired) electrons. The van der Waals surface area contributed by atoms with Crippen molar-refractivity contribution in [3.05, 3.63) is 47.3 Å². The van der Waals surface area contributed by atoms with Crippen LogP contribution in [0.3, 0.4) is 0 Å². The standard InChI is InChI=1S/C19H25N3OS/c1-14-7-6-10-22(12-14)18(23)13-24-19-20-15(2)17(21-19)11-16-8-4-3-5-9-16/h3-5,8-9,14H,6-7,10-13H2,1-2H3,(H,20,21). The van der Waals surface area contributed by atoms with Gasteiger partial charge in [0, 0.05) is 25.2 Å². The third kappa shape index (κ3) is 4.41. The fourth-order valence-corrected chi connectivity index (χ4v) is 3.98. The van der Waals surface area contributed by atoms with Gasteiger partial charge in [0.2, 0.25) is 5.91 Å². The van der Waals surface area contributed by atoms with Crippen molar-refractivity contribution in [2.75, 3.05) is 18.8 Å². The van der Waals surface area contributed by atoms with E-state index in [-0.39, 0.29) is 5.91 Å². The highest BCUT2D eigenvalue weighted by molar-refractivity contribution is 7.99. The van der Waals surface area contributed by atoms with Crippen LogP contribution in [0.1, 0.15) is 36.7 Å². The first kappa shape index (κ1) is 17.1. The number of nitrogens with one attached hydrogen (secondary N) is 1. The topological polar surface area (TPSA) is 49.0 Å². The highest BCUT2D eigenvalue weighted by Crippen LogP contribution is 2.21. The van der Waals surface area contributed by atoms with Crippen LogP contribution in [0.5, 0.6) is 0 Å². The van der Waals surface area contributed by atoms with Gasteiger partial charge in [-0.15, -0.1) is 0 Å². The molecular weight excluding hydrogens is 318 g/mol. The molecule has 0 saturated carbocycles. The zero-order valence-electron chi connectivity index (χ0n) is 14.4. The van der Waals surface area contributed by atoms with Gasteiger partial charge >= 0.3 is 0 Å². The fraction of sp³-hybridized carbons (Fsp3) is 0.474. The lowest BCUT2D eigenvalue weighted by Gasteiger charge is -2.30. The molecule has 1 amide bonds. The summed E-state index contributed by atoms with van der Waals surface area (Å²) in [5.41, 5.74) is 3.39. The largest absolute Gasteiger partial charge is 0.342 e. The molecule has 1 aliphatic heterocycles. The molecule has 0 bridgehead atoms. The Morgan fingerprint density at radius 2 is 2.17 bits per heavy atom. The molecule has 1 fully saturated rings. The van der Waals surface area contributed by atoms with E-state index >= 15 is 0 Å². The molecule has 0 spiro atoms. The molecule has 24 heavy (non-hydrogen) atoms. The van der Waals surface area contributed by atoms with Gasteiger partial charge in [-0.3, -0.25) is 4.79 Å². The number of benzene rings is 1. The molecule has 2 heterocycles. The Hall–Kier alpha value is -1.75. The predicted molar refractivity (Wildman–Crippen MR) is 98.3 cm³/mol. The average molecular weight is 343 g/mol. The lowest BCUT2D eigenvalue weighted by molar-refractivity contribution is -0.130. The van der Waals surface area contributed by atoms with Crippen molar-refractivity contribution in [1.82, 2.24) is 14.9 Å². The van der Waals surface area contributed by atoms with E-state index in [1.165, 1.54) is 23.7 Å². The number of nitrogens with zero attached hydrogens (tertiary/aromatic N) is 2. The number of aryl methyl sites for hydroxylation is 1. The summed E-state index contributed by atoms with van der Waals surface area (Å²) >= 11 is 1.51. The number of imidazole rings is 1. The number of hydrogen-bond acceptors (Lipinski definition) is 3. The minimum atomic E-state index is 0.227. The summed E-state index contributed by atoms with van der Waals surface area (Å²) in [5.74, 6) is 1.31. The van der Waals surface area contributed by atoms with Gasteiger partial charge < -0.3 is 9.88 Å². The number of carbonyl (C=O) groups is 1. The normalized spacial score (nSPS) is 17.9. The second-order valence-electron chi connectivity index (χ2n) is 6.65. The highest BCUT2D eigenvalue weighted by Gasteiger charge is 2.21. The molecule has 4 nitrogen and oxygen atoms in total. The van der Waals surface area contributed by atoms with Gasteiger partial charge in [0.05, 0.1) is 11.4 Å². The second kappa shape index (κ2) is 7.88. The third-order valence-electron chi connectivity index (χ3n) is 4.52. The number of rotatable bonds is 5. The average Bonchev–Trinajstić information content (AvgIpc) is 2.93. The zero-order valence-corrected chi connectivity index (χ0v) is 15.2. The maximum atomic E-state index is 12.4. The maximum Gasteiger partial charge on any atom is 0.233 e. The first-order chi connectivity index (χ1) is 11.6. The van der Waals surface area contributed by atoms with Crippen molar-refractivity contribution in [2.45, 2.75) is 38.3 Å². The lowest BCUT2D eigenvalue weighted by atomic mass is 10.0. The van der Waals surface area contributed by atoms with Gasteiger partial charge in [-0.1, -0.05) is 49.0 Å². The van der Waals surface area contributed by atoms with Crippen LogP contribution in [0, 0.1) is 12.8 Å².